The third-order valence-corrected chi connectivity index (χ3v) is 10.1. The van der Waals surface area contributed by atoms with Gasteiger partial charge in [0.1, 0.15) is 0 Å². The molecule has 2 aromatic heterocycles. The molecule has 1 N–H and O–H groups in total. The first-order valence-corrected chi connectivity index (χ1v) is 18.0. The van der Waals surface area contributed by atoms with Gasteiger partial charge >= 0.3 is 6.03 Å². The van der Waals surface area contributed by atoms with Gasteiger partial charge in [-0.05, 0) is 76.8 Å². The number of benzene rings is 4. The minimum atomic E-state index is -0.930. The fourth-order valence-corrected chi connectivity index (χ4v) is 7.33. The number of piperidine rings is 1. The fourth-order valence-electron chi connectivity index (χ4n) is 7.33. The van der Waals surface area contributed by atoms with Gasteiger partial charge in [0.15, 0.2) is 5.54 Å². The molecule has 0 spiro atoms. The van der Waals surface area contributed by atoms with Gasteiger partial charge in [-0.15, -0.1) is 15.0 Å². The molecule has 6 aromatic rings. The van der Waals surface area contributed by atoms with Gasteiger partial charge in [-0.2, -0.15) is 0 Å². The molecule has 1 aliphatic heterocycles. The minimum absolute atomic E-state index is 0.110. The van der Waals surface area contributed by atoms with Crippen LogP contribution in [0.15, 0.2) is 128 Å². The van der Waals surface area contributed by atoms with Crippen LogP contribution < -0.4 is 10.1 Å². The zero-order valence-corrected chi connectivity index (χ0v) is 30.2. The normalized spacial score (nSPS) is 13.9. The second kappa shape index (κ2) is 14.8. The van der Waals surface area contributed by atoms with E-state index in [2.05, 4.69) is 67.5 Å². The van der Waals surface area contributed by atoms with Crippen LogP contribution in [0.1, 0.15) is 57.2 Å². The van der Waals surface area contributed by atoms with E-state index in [1.165, 1.54) is 0 Å². The fraction of sp³-hybridized carbons (Fsp3) is 0.279. The highest BCUT2D eigenvalue weighted by Crippen LogP contribution is 2.41. The van der Waals surface area contributed by atoms with Crippen molar-refractivity contribution in [1.82, 2.24) is 30.1 Å². The second-order valence-corrected chi connectivity index (χ2v) is 14.3. The van der Waals surface area contributed by atoms with Gasteiger partial charge in [-0.3, -0.25) is 0 Å². The van der Waals surface area contributed by atoms with E-state index in [1.54, 1.807) is 11.0 Å². The van der Waals surface area contributed by atoms with Crippen LogP contribution in [-0.2, 0) is 5.54 Å². The van der Waals surface area contributed by atoms with Crippen LogP contribution in [0.4, 0.5) is 10.5 Å². The Hall–Kier alpha value is -5.83. The number of ether oxygens (including phenoxy) is 1. The van der Waals surface area contributed by atoms with E-state index in [9.17, 15) is 4.79 Å². The van der Waals surface area contributed by atoms with Gasteiger partial charge < -0.3 is 15.0 Å². The number of tetrazole rings is 1. The highest BCUT2D eigenvalue weighted by Gasteiger charge is 2.41. The molecule has 4 aromatic carbocycles. The van der Waals surface area contributed by atoms with Crippen molar-refractivity contribution >= 4 is 11.7 Å². The van der Waals surface area contributed by atoms with Crippen LogP contribution in [0.3, 0.4) is 0 Å². The average molecular weight is 692 g/mol. The monoisotopic (exact) mass is 691 g/mol. The molecule has 52 heavy (non-hydrogen) atoms. The van der Waals surface area contributed by atoms with Crippen molar-refractivity contribution < 1.29 is 9.53 Å². The molecule has 9 heteroatoms. The minimum Gasteiger partial charge on any atom is -0.478 e. The number of rotatable bonds is 9. The van der Waals surface area contributed by atoms with Crippen LogP contribution in [0.25, 0.3) is 22.5 Å². The summed E-state index contributed by atoms with van der Waals surface area (Å²) < 4.78 is 5.62. The zero-order valence-electron chi connectivity index (χ0n) is 30.2. The van der Waals surface area contributed by atoms with Gasteiger partial charge in [0.25, 0.3) is 0 Å². The molecular weight excluding hydrogens is 647 g/mol. The maximum atomic E-state index is 13.6. The standard InChI is InChI=1S/C43H45N7O2/c1-5-52-39-24-21-31(30-44-39)37-23-22-36(45-41(51)49-27-25-32(26-28-49)42(2,3)4)29-38(37)40-46-48-50(47-40)43(33-15-9-6-10-16-33,34-17-11-7-12-18-34)35-19-13-8-14-20-35/h6-24,29-30,32H,5,25-28H2,1-4H3,(H,45,51). The smallest absolute Gasteiger partial charge is 0.321 e. The second-order valence-electron chi connectivity index (χ2n) is 14.3. The number of amides is 2. The van der Waals surface area contributed by atoms with Crippen LogP contribution in [-0.4, -0.2) is 55.8 Å². The van der Waals surface area contributed by atoms with Gasteiger partial charge in [-0.1, -0.05) is 118 Å². The molecule has 264 valence electrons. The summed E-state index contributed by atoms with van der Waals surface area (Å²) in [5.41, 5.74) is 5.34. The Bertz CT molecular complexity index is 1990. The van der Waals surface area contributed by atoms with E-state index in [0.29, 0.717) is 35.5 Å². The number of likely N-dealkylation sites (tertiary alicyclic amines) is 1. The van der Waals surface area contributed by atoms with Crippen LogP contribution >= 0.6 is 0 Å². The molecule has 9 nitrogen and oxygen atoms in total. The molecule has 1 saturated heterocycles. The Morgan fingerprint density at radius 1 is 0.788 bits per heavy atom. The first kappa shape index (κ1) is 34.6. The summed E-state index contributed by atoms with van der Waals surface area (Å²) in [4.78, 5) is 21.7. The van der Waals surface area contributed by atoms with E-state index in [0.717, 1.165) is 53.7 Å². The van der Waals surface area contributed by atoms with Crippen molar-refractivity contribution in [2.75, 3.05) is 25.0 Å². The molecule has 0 unspecified atom stereocenters. The summed E-state index contributed by atoms with van der Waals surface area (Å²) in [6.07, 6.45) is 3.77. The van der Waals surface area contributed by atoms with E-state index >= 15 is 0 Å². The Morgan fingerprint density at radius 3 is 1.90 bits per heavy atom. The Kier molecular flexibility index (Phi) is 9.85. The van der Waals surface area contributed by atoms with Gasteiger partial charge in [0.2, 0.25) is 11.7 Å². The van der Waals surface area contributed by atoms with E-state index in [4.69, 9.17) is 20.1 Å². The number of nitrogens with one attached hydrogen (secondary N) is 1. The summed E-state index contributed by atoms with van der Waals surface area (Å²) in [6, 6.07) is 40.3. The molecule has 0 saturated carbocycles. The van der Waals surface area contributed by atoms with Crippen LogP contribution in [0.2, 0.25) is 0 Å². The maximum absolute atomic E-state index is 13.6. The Morgan fingerprint density at radius 2 is 1.38 bits per heavy atom. The molecule has 2 amide bonds. The quantitative estimate of drug-likeness (QED) is 0.152. The van der Waals surface area contributed by atoms with Crippen molar-refractivity contribution in [2.24, 2.45) is 11.3 Å². The lowest BCUT2D eigenvalue weighted by atomic mass is 9.75. The van der Waals surface area contributed by atoms with E-state index < -0.39 is 5.54 Å². The Labute approximate surface area is 305 Å². The summed E-state index contributed by atoms with van der Waals surface area (Å²) in [5.74, 6) is 1.56. The van der Waals surface area contributed by atoms with E-state index in [-0.39, 0.29) is 11.4 Å². The number of aromatic nitrogens is 5. The van der Waals surface area contributed by atoms with Crippen LogP contribution in [0, 0.1) is 11.3 Å². The highest BCUT2D eigenvalue weighted by molar-refractivity contribution is 5.92. The Balaban J connectivity index is 1.32. The van der Waals surface area contributed by atoms with Gasteiger partial charge in [-0.25, -0.2) is 9.78 Å². The highest BCUT2D eigenvalue weighted by atomic mass is 16.5. The maximum Gasteiger partial charge on any atom is 0.321 e. The molecule has 1 fully saturated rings. The summed E-state index contributed by atoms with van der Waals surface area (Å²) in [5, 5.41) is 17.9. The third kappa shape index (κ3) is 6.91. The third-order valence-electron chi connectivity index (χ3n) is 10.1. The number of carbonyl (C=O) groups excluding carboxylic acids is 1. The van der Waals surface area contributed by atoms with Gasteiger partial charge in [0.05, 0.1) is 6.61 Å². The number of carbonyl (C=O) groups is 1. The molecule has 3 heterocycles. The molecule has 0 aliphatic carbocycles. The zero-order chi connectivity index (χ0) is 36.1. The first-order chi connectivity index (χ1) is 25.3. The van der Waals surface area contributed by atoms with Crippen molar-refractivity contribution in [3.05, 3.63) is 144 Å². The summed E-state index contributed by atoms with van der Waals surface area (Å²) in [7, 11) is 0. The van der Waals surface area contributed by atoms with Crippen LogP contribution in [0.5, 0.6) is 5.88 Å². The summed E-state index contributed by atoms with van der Waals surface area (Å²) >= 11 is 0. The first-order valence-electron chi connectivity index (χ1n) is 18.0. The lowest BCUT2D eigenvalue weighted by Gasteiger charge is -2.38. The van der Waals surface area contributed by atoms with Crippen molar-refractivity contribution in [2.45, 2.75) is 46.1 Å². The molecule has 1 aliphatic rings. The van der Waals surface area contributed by atoms with Crippen molar-refractivity contribution in [3.63, 3.8) is 0 Å². The van der Waals surface area contributed by atoms with Crippen molar-refractivity contribution in [1.29, 1.82) is 0 Å². The van der Waals surface area contributed by atoms with Gasteiger partial charge in [0, 0.05) is 42.2 Å². The predicted octanol–water partition coefficient (Wildman–Crippen LogP) is 8.93. The number of anilines is 1. The van der Waals surface area contributed by atoms with Crippen molar-refractivity contribution in [3.8, 4) is 28.4 Å². The number of nitrogens with zero attached hydrogens (tertiary/aromatic N) is 6. The summed E-state index contributed by atoms with van der Waals surface area (Å²) in [6.45, 7) is 10.8. The molecule has 0 radical (unpaired) electrons. The molecular formula is C43H45N7O2. The molecule has 7 rings (SSSR count). The number of urea groups is 1. The molecule has 0 bridgehead atoms. The lowest BCUT2D eigenvalue weighted by Crippen LogP contribution is -2.43. The average Bonchev–Trinajstić information content (AvgIpc) is 3.67. The SMILES string of the molecule is CCOc1ccc(-c2ccc(NC(=O)N3CCC(C(C)(C)C)CC3)cc2-c2nnn(C(c3ccccc3)(c3ccccc3)c3ccccc3)n2)cn1. The molecule has 0 atom stereocenters. The number of hydrogen-bond donors (Lipinski definition) is 1. The topological polar surface area (TPSA) is 98.1 Å². The number of hydrogen-bond acceptors (Lipinski definition) is 6. The predicted molar refractivity (Wildman–Crippen MR) is 205 cm³/mol. The van der Waals surface area contributed by atoms with E-state index in [1.807, 2.05) is 96.8 Å². The largest absolute Gasteiger partial charge is 0.478 e. The number of pyridine rings is 1. The lowest BCUT2D eigenvalue weighted by molar-refractivity contribution is 0.128.